The summed E-state index contributed by atoms with van der Waals surface area (Å²) in [7, 11) is 0. The van der Waals surface area contributed by atoms with E-state index in [-0.39, 0.29) is 54.5 Å². The Kier molecular flexibility index (Phi) is 11.1. The maximum Gasteiger partial charge on any atom is 0.435 e. The molecular weight excluding hydrogens is 930 g/mol. The van der Waals surface area contributed by atoms with E-state index in [0.717, 1.165) is 22.3 Å². The zero-order valence-electron chi connectivity index (χ0n) is 32.8. The quantitative estimate of drug-likeness (QED) is 0.140. The second-order valence-corrected chi connectivity index (χ2v) is 17.8. The summed E-state index contributed by atoms with van der Waals surface area (Å²) >= 11 is 23.8. The second-order valence-electron chi connectivity index (χ2n) is 16.0. The maximum absolute atomic E-state index is 14.3. The van der Waals surface area contributed by atoms with Crippen LogP contribution in [0.5, 0.6) is 0 Å². The average Bonchev–Trinajstić information content (AvgIpc) is 4.08. The van der Waals surface area contributed by atoms with E-state index in [9.17, 15) is 41.0 Å². The molecule has 64 heavy (non-hydrogen) atoms. The van der Waals surface area contributed by atoms with Crippen LogP contribution in [0.15, 0.2) is 107 Å². The third-order valence-corrected chi connectivity index (χ3v) is 13.1. The van der Waals surface area contributed by atoms with Gasteiger partial charge in [0, 0.05) is 44.1 Å². The molecule has 0 fully saturated rings. The van der Waals surface area contributed by atoms with Crippen LogP contribution >= 0.6 is 46.4 Å². The van der Waals surface area contributed by atoms with Crippen molar-refractivity contribution in [2.24, 2.45) is 10.3 Å². The lowest BCUT2D eigenvalue weighted by Gasteiger charge is -2.29. The van der Waals surface area contributed by atoms with Gasteiger partial charge in [0.25, 0.3) is 23.0 Å². The number of fused-ring (bicyclic) bond motifs is 3. The number of imide groups is 1. The first kappa shape index (κ1) is 44.1. The van der Waals surface area contributed by atoms with E-state index in [1.807, 2.05) is 0 Å². The van der Waals surface area contributed by atoms with E-state index in [2.05, 4.69) is 10.3 Å². The van der Waals surface area contributed by atoms with E-state index in [1.165, 1.54) is 41.3 Å². The number of nitrogens with zero attached hydrogens (tertiary/aromatic N) is 3. The lowest BCUT2D eigenvalue weighted by atomic mass is 9.86. The zero-order valence-corrected chi connectivity index (χ0v) is 35.9. The number of carbonyl (C=O) groups excluding carboxylic acids is 2. The lowest BCUT2D eigenvalue weighted by Crippen LogP contribution is -2.42. The summed E-state index contributed by atoms with van der Waals surface area (Å²) in [4.78, 5) is 37.3. The van der Waals surface area contributed by atoms with Gasteiger partial charge in [-0.25, -0.2) is 0 Å². The average molecular weight is 962 g/mol. The van der Waals surface area contributed by atoms with E-state index >= 15 is 0 Å². The van der Waals surface area contributed by atoms with Gasteiger partial charge in [0.1, 0.15) is 0 Å². The van der Waals surface area contributed by atoms with Crippen LogP contribution < -0.4 is 0 Å². The van der Waals surface area contributed by atoms with Crippen molar-refractivity contribution in [3.63, 3.8) is 0 Å². The van der Waals surface area contributed by atoms with Crippen LogP contribution in [0.4, 0.5) is 26.3 Å². The molecule has 5 aliphatic rings. The minimum absolute atomic E-state index is 0.0555. The minimum Gasteiger partial charge on any atom is -0.388 e. The SMILES string of the molecule is O=C1c2ccccc2C(=O)N1C1CCc2cc(C3=NOC(c4cc(Cl)cc(Cl)c4)(C(F)(F)F)C3)ccc21.OC1CCc2cc(C3=NOC(c4cc(Cl)cc(Cl)c4)(C(F)(F)F)C3)ccc21. The third-order valence-electron chi connectivity index (χ3n) is 12.2. The van der Waals surface area contributed by atoms with Crippen molar-refractivity contribution in [1.82, 2.24) is 4.90 Å². The fourth-order valence-electron chi connectivity index (χ4n) is 9.00. The number of benzene rings is 5. The summed E-state index contributed by atoms with van der Waals surface area (Å²) in [6.07, 6.45) is -8.73. The molecule has 0 spiro atoms. The first-order chi connectivity index (χ1) is 30.3. The minimum atomic E-state index is -4.79. The number of aliphatic hydroxyl groups excluding tert-OH is 1. The number of aryl methyl sites for hydroxylation is 2. The predicted octanol–water partition coefficient (Wildman–Crippen LogP) is 12.4. The summed E-state index contributed by atoms with van der Waals surface area (Å²) in [6, 6.07) is 24.0. The predicted molar refractivity (Wildman–Crippen MR) is 227 cm³/mol. The van der Waals surface area contributed by atoms with Crippen LogP contribution in [0, 0.1) is 0 Å². The zero-order chi connectivity index (χ0) is 45.5. The number of amides is 2. The number of halogens is 10. The van der Waals surface area contributed by atoms with Crippen molar-refractivity contribution in [3.05, 3.63) is 173 Å². The molecule has 0 radical (unpaired) electrons. The largest absolute Gasteiger partial charge is 0.435 e. The molecule has 10 rings (SSSR count). The molecule has 1 N–H and O–H groups in total. The molecule has 2 amide bonds. The molecule has 8 nitrogen and oxygen atoms in total. The van der Waals surface area contributed by atoms with Crippen molar-refractivity contribution in [3.8, 4) is 0 Å². The Balaban J connectivity index is 0.000000170. The Bertz CT molecular complexity index is 2760. The standard InChI is InChI=1S/C27H17Cl2F3N2O3.C19H14Cl2F3NO2/c28-17-10-16(11-18(29)12-17)26(27(30,31)32)13-22(33-37-26)15-5-7-19-14(9-15)6-8-23(19)34-24(35)20-3-1-2-4-21(20)25(34)36;20-13-6-12(7-14(21)8-13)18(19(22,23)24)9-16(25-27-18)11-1-3-15-10(5-11)2-4-17(15)26/h1-5,7,9-12,23H,6,8,13H2;1,3,5-8,17,26H,2,4,9H2. The molecule has 0 saturated carbocycles. The van der Waals surface area contributed by atoms with Gasteiger partial charge in [0.15, 0.2) is 0 Å². The van der Waals surface area contributed by atoms with Gasteiger partial charge >= 0.3 is 12.4 Å². The highest BCUT2D eigenvalue weighted by Gasteiger charge is 2.63. The van der Waals surface area contributed by atoms with Gasteiger partial charge in [-0.15, -0.1) is 0 Å². The van der Waals surface area contributed by atoms with E-state index in [4.69, 9.17) is 56.1 Å². The number of carbonyl (C=O) groups is 2. The molecule has 0 saturated heterocycles. The summed E-state index contributed by atoms with van der Waals surface area (Å²) < 4.78 is 85.0. The van der Waals surface area contributed by atoms with Crippen LogP contribution in [0.1, 0.15) is 103 Å². The number of rotatable bonds is 5. The molecule has 0 bridgehead atoms. The number of hydrogen-bond acceptors (Lipinski definition) is 7. The highest BCUT2D eigenvalue weighted by Crippen LogP contribution is 2.52. The topological polar surface area (TPSA) is 101 Å². The van der Waals surface area contributed by atoms with Crippen molar-refractivity contribution < 1.29 is 50.7 Å². The van der Waals surface area contributed by atoms with Crippen LogP contribution in [-0.4, -0.2) is 45.6 Å². The molecule has 4 atom stereocenters. The van der Waals surface area contributed by atoms with Gasteiger partial charge in [-0.2, -0.15) is 26.3 Å². The third kappa shape index (κ3) is 7.50. The van der Waals surface area contributed by atoms with Gasteiger partial charge in [-0.1, -0.05) is 93.1 Å². The van der Waals surface area contributed by atoms with E-state index in [0.29, 0.717) is 47.9 Å². The van der Waals surface area contributed by atoms with Crippen molar-refractivity contribution in [2.45, 2.75) is 74.2 Å². The Labute approximate surface area is 380 Å². The molecule has 0 aromatic heterocycles. The Morgan fingerprint density at radius 2 is 1.02 bits per heavy atom. The Morgan fingerprint density at radius 1 is 0.594 bits per heavy atom. The highest BCUT2D eigenvalue weighted by atomic mass is 35.5. The number of oxime groups is 2. The van der Waals surface area contributed by atoms with E-state index in [1.54, 1.807) is 60.7 Å². The molecule has 5 aromatic carbocycles. The number of alkyl halides is 6. The van der Waals surface area contributed by atoms with Crippen LogP contribution in [0.25, 0.3) is 0 Å². The molecule has 3 aliphatic heterocycles. The summed E-state index contributed by atoms with van der Waals surface area (Å²) in [6.45, 7) is 0. The van der Waals surface area contributed by atoms with Gasteiger partial charge < -0.3 is 14.8 Å². The van der Waals surface area contributed by atoms with Crippen LogP contribution in [0.2, 0.25) is 20.1 Å². The molecule has 2 aliphatic carbocycles. The smallest absolute Gasteiger partial charge is 0.388 e. The second kappa shape index (κ2) is 16.1. The lowest BCUT2D eigenvalue weighted by molar-refractivity contribution is -0.276. The van der Waals surface area contributed by atoms with Crippen molar-refractivity contribution >= 4 is 69.6 Å². The molecule has 18 heteroatoms. The van der Waals surface area contributed by atoms with Crippen LogP contribution in [0.3, 0.4) is 0 Å². The van der Waals surface area contributed by atoms with Crippen molar-refractivity contribution in [2.75, 3.05) is 0 Å². The number of hydrogen-bond donors (Lipinski definition) is 1. The molecule has 3 heterocycles. The van der Waals surface area contributed by atoms with Gasteiger partial charge in [0.05, 0.1) is 34.7 Å². The first-order valence-electron chi connectivity index (χ1n) is 19.8. The van der Waals surface area contributed by atoms with Gasteiger partial charge in [-0.3, -0.25) is 14.5 Å². The molecular formula is C46H31Cl4F6N3O5. The Morgan fingerprint density at radius 3 is 1.47 bits per heavy atom. The summed E-state index contributed by atoms with van der Waals surface area (Å²) in [5.74, 6) is -0.683. The first-order valence-corrected chi connectivity index (χ1v) is 21.3. The molecule has 5 aromatic rings. The van der Waals surface area contributed by atoms with Gasteiger partial charge in [0.2, 0.25) is 0 Å². The monoisotopic (exact) mass is 959 g/mol. The number of aliphatic hydroxyl groups is 1. The fourth-order valence-corrected chi connectivity index (χ4v) is 10.1. The highest BCUT2D eigenvalue weighted by molar-refractivity contribution is 6.35. The summed E-state index contributed by atoms with van der Waals surface area (Å²) in [5.41, 5.74) is -0.353. The fraction of sp³-hybridized carbons (Fsp3) is 0.261. The Hall–Kier alpha value is -5.12. The maximum atomic E-state index is 14.3. The summed E-state index contributed by atoms with van der Waals surface area (Å²) in [5, 5.41) is 17.8. The van der Waals surface area contributed by atoms with Crippen molar-refractivity contribution in [1.29, 1.82) is 0 Å². The molecule has 4 unspecified atom stereocenters. The van der Waals surface area contributed by atoms with Crippen LogP contribution in [-0.2, 0) is 33.7 Å². The van der Waals surface area contributed by atoms with Gasteiger partial charge in [-0.05, 0) is 120 Å². The molecule has 330 valence electrons. The van der Waals surface area contributed by atoms with E-state index < -0.39 is 48.5 Å². The normalized spacial score (nSPS) is 23.5.